The molecule has 0 unspecified atom stereocenters. The first kappa shape index (κ1) is 14.6. The number of non-ortho nitro benzene ring substituents is 1. The number of fused-ring (bicyclic) bond motifs is 1. The van der Waals surface area contributed by atoms with Crippen molar-refractivity contribution in [2.75, 3.05) is 0 Å². The zero-order valence-electron chi connectivity index (χ0n) is 11.8. The normalized spacial score (nSPS) is 12.5. The molecule has 0 aliphatic heterocycles. The highest BCUT2D eigenvalue weighted by Crippen LogP contribution is 2.22. The molecule has 2 aromatic carbocycles. The minimum Gasteiger partial charge on any atom is -0.609 e. The van der Waals surface area contributed by atoms with E-state index < -0.39 is 16.1 Å². The molecular formula is C15H13N3O3S. The van der Waals surface area contributed by atoms with Gasteiger partial charge in [-0.1, -0.05) is 12.1 Å². The van der Waals surface area contributed by atoms with Gasteiger partial charge in [0, 0.05) is 35.9 Å². The van der Waals surface area contributed by atoms with E-state index in [9.17, 15) is 14.7 Å². The van der Waals surface area contributed by atoms with Gasteiger partial charge in [0.25, 0.3) is 5.69 Å². The number of nitrogens with zero attached hydrogens (tertiary/aromatic N) is 3. The molecule has 0 saturated heterocycles. The molecule has 6 nitrogen and oxygen atoms in total. The monoisotopic (exact) mass is 315 g/mol. The van der Waals surface area contributed by atoms with Crippen LogP contribution in [0.2, 0.25) is 0 Å². The minimum absolute atomic E-state index is 0.0252. The number of imidazole rings is 1. The smallest absolute Gasteiger partial charge is 0.324 e. The lowest BCUT2D eigenvalue weighted by molar-refractivity contribution is -0.384. The molecule has 7 heteroatoms. The van der Waals surface area contributed by atoms with Crippen LogP contribution in [0, 0.1) is 10.1 Å². The second-order valence-electron chi connectivity index (χ2n) is 4.86. The largest absolute Gasteiger partial charge is 0.609 e. The molecule has 1 aromatic heterocycles. The first-order valence-corrected chi connectivity index (χ1v) is 7.91. The predicted octanol–water partition coefficient (Wildman–Crippen LogP) is 2.79. The summed E-state index contributed by atoms with van der Waals surface area (Å²) in [6.07, 6.45) is 0. The fourth-order valence-electron chi connectivity index (χ4n) is 2.26. The van der Waals surface area contributed by atoms with Crippen LogP contribution < -0.4 is 0 Å². The van der Waals surface area contributed by atoms with Crippen molar-refractivity contribution < 1.29 is 9.48 Å². The van der Waals surface area contributed by atoms with Gasteiger partial charge in [-0.3, -0.25) is 14.7 Å². The summed E-state index contributed by atoms with van der Waals surface area (Å²) in [7, 11) is 1.83. The number of hydrogen-bond acceptors (Lipinski definition) is 4. The van der Waals surface area contributed by atoms with E-state index >= 15 is 0 Å². The zero-order valence-corrected chi connectivity index (χ0v) is 12.6. The van der Waals surface area contributed by atoms with E-state index in [-0.39, 0.29) is 11.4 Å². The Labute approximate surface area is 129 Å². The Kier molecular flexibility index (Phi) is 3.82. The van der Waals surface area contributed by atoms with E-state index in [4.69, 9.17) is 0 Å². The third-order valence-electron chi connectivity index (χ3n) is 3.39. The maximum absolute atomic E-state index is 12.5. The molecule has 1 heterocycles. The molecule has 0 amide bonds. The predicted molar refractivity (Wildman–Crippen MR) is 83.9 cm³/mol. The van der Waals surface area contributed by atoms with E-state index in [0.29, 0.717) is 5.16 Å². The Hall–Kier alpha value is -2.38. The van der Waals surface area contributed by atoms with Crippen molar-refractivity contribution in [2.24, 2.45) is 7.05 Å². The van der Waals surface area contributed by atoms with Gasteiger partial charge in [-0.15, -0.1) is 0 Å². The van der Waals surface area contributed by atoms with E-state index in [0.717, 1.165) is 16.6 Å². The van der Waals surface area contributed by atoms with Crippen molar-refractivity contribution in [3.05, 3.63) is 64.2 Å². The molecular weight excluding hydrogens is 302 g/mol. The number of para-hydroxylation sites is 2. The van der Waals surface area contributed by atoms with Crippen molar-refractivity contribution >= 4 is 27.9 Å². The van der Waals surface area contributed by atoms with Crippen LogP contribution in [0.15, 0.2) is 53.7 Å². The van der Waals surface area contributed by atoms with Gasteiger partial charge in [0.2, 0.25) is 0 Å². The van der Waals surface area contributed by atoms with Crippen LogP contribution >= 0.6 is 0 Å². The number of aryl methyl sites for hydroxylation is 1. The number of nitro benzene ring substituents is 1. The summed E-state index contributed by atoms with van der Waals surface area (Å²) < 4.78 is 14.3. The molecule has 22 heavy (non-hydrogen) atoms. The first-order valence-electron chi connectivity index (χ1n) is 6.59. The van der Waals surface area contributed by atoms with Gasteiger partial charge in [-0.25, -0.2) is 0 Å². The van der Waals surface area contributed by atoms with Crippen LogP contribution in [0.1, 0.15) is 5.56 Å². The number of benzene rings is 2. The average Bonchev–Trinajstić information content (AvgIpc) is 2.85. The molecule has 3 aromatic rings. The number of hydrogen-bond donors (Lipinski definition) is 0. The Bertz CT molecular complexity index is 830. The highest BCUT2D eigenvalue weighted by Gasteiger charge is 2.20. The fraction of sp³-hybridized carbons (Fsp3) is 0.133. The van der Waals surface area contributed by atoms with Gasteiger partial charge in [-0.2, -0.15) is 4.98 Å². The van der Waals surface area contributed by atoms with E-state index in [1.54, 1.807) is 12.1 Å². The second kappa shape index (κ2) is 5.78. The van der Waals surface area contributed by atoms with Crippen molar-refractivity contribution in [3.8, 4) is 0 Å². The number of aromatic nitrogens is 2. The van der Waals surface area contributed by atoms with Gasteiger partial charge in [0.1, 0.15) is 5.75 Å². The molecule has 0 aliphatic rings. The Morgan fingerprint density at radius 1 is 1.18 bits per heavy atom. The molecule has 3 rings (SSSR count). The zero-order chi connectivity index (χ0) is 15.7. The lowest BCUT2D eigenvalue weighted by Gasteiger charge is -2.09. The highest BCUT2D eigenvalue weighted by molar-refractivity contribution is 7.90. The molecule has 0 bridgehead atoms. The van der Waals surface area contributed by atoms with Gasteiger partial charge in [-0.05, 0) is 24.3 Å². The van der Waals surface area contributed by atoms with Crippen LogP contribution in [0.4, 0.5) is 5.69 Å². The maximum Gasteiger partial charge on any atom is 0.324 e. The van der Waals surface area contributed by atoms with Crippen LogP contribution in [0.5, 0.6) is 0 Å². The molecule has 0 saturated carbocycles. The number of rotatable bonds is 4. The van der Waals surface area contributed by atoms with Crippen molar-refractivity contribution in [1.29, 1.82) is 0 Å². The standard InChI is InChI=1S/C15H13N3O3S/c1-17-14-5-3-2-4-13(14)16-15(17)22(21)10-11-6-8-12(9-7-11)18(19)20/h2-9H,10H2,1H3/t22-/m0/s1. The Balaban J connectivity index is 1.85. The summed E-state index contributed by atoms with van der Waals surface area (Å²) in [5.74, 6) is 0.273. The van der Waals surface area contributed by atoms with Crippen molar-refractivity contribution in [1.82, 2.24) is 9.55 Å². The van der Waals surface area contributed by atoms with Gasteiger partial charge in [0.05, 0.1) is 16.0 Å². The van der Waals surface area contributed by atoms with Crippen LogP contribution in [-0.4, -0.2) is 19.0 Å². The summed E-state index contributed by atoms with van der Waals surface area (Å²) in [4.78, 5) is 14.6. The molecule has 1 atom stereocenters. The highest BCUT2D eigenvalue weighted by atomic mass is 32.2. The molecule has 0 N–H and O–H groups in total. The van der Waals surface area contributed by atoms with E-state index in [1.165, 1.54) is 12.1 Å². The van der Waals surface area contributed by atoms with Crippen LogP contribution in [0.25, 0.3) is 11.0 Å². The molecule has 0 spiro atoms. The lowest BCUT2D eigenvalue weighted by Crippen LogP contribution is -2.11. The third kappa shape index (κ3) is 2.68. The van der Waals surface area contributed by atoms with Crippen LogP contribution in [0.3, 0.4) is 0 Å². The van der Waals surface area contributed by atoms with Gasteiger partial charge < -0.3 is 4.55 Å². The van der Waals surface area contributed by atoms with Crippen molar-refractivity contribution in [2.45, 2.75) is 10.9 Å². The fourth-order valence-corrected chi connectivity index (χ4v) is 3.49. The maximum atomic E-state index is 12.5. The second-order valence-corrected chi connectivity index (χ2v) is 6.20. The molecule has 0 radical (unpaired) electrons. The van der Waals surface area contributed by atoms with E-state index in [2.05, 4.69) is 4.98 Å². The van der Waals surface area contributed by atoms with Crippen LogP contribution in [-0.2, 0) is 24.0 Å². The topological polar surface area (TPSA) is 84.0 Å². The Morgan fingerprint density at radius 3 is 2.50 bits per heavy atom. The van der Waals surface area contributed by atoms with Gasteiger partial charge >= 0.3 is 5.16 Å². The molecule has 112 valence electrons. The summed E-state index contributed by atoms with van der Waals surface area (Å²) >= 11 is -1.31. The quantitative estimate of drug-likeness (QED) is 0.421. The lowest BCUT2D eigenvalue weighted by atomic mass is 10.2. The summed E-state index contributed by atoms with van der Waals surface area (Å²) in [6.45, 7) is 0. The number of nitro groups is 1. The molecule has 0 aliphatic carbocycles. The summed E-state index contributed by atoms with van der Waals surface area (Å²) in [5, 5.41) is 11.1. The summed E-state index contributed by atoms with van der Waals surface area (Å²) in [6, 6.07) is 13.7. The van der Waals surface area contributed by atoms with Crippen molar-refractivity contribution in [3.63, 3.8) is 0 Å². The first-order chi connectivity index (χ1) is 10.6. The molecule has 0 fully saturated rings. The average molecular weight is 315 g/mol. The summed E-state index contributed by atoms with van der Waals surface area (Å²) in [5.41, 5.74) is 2.53. The SMILES string of the molecule is Cn1c([S@@+]([O-])Cc2ccc([N+](=O)[O-])cc2)nc2ccccc21. The third-order valence-corrected chi connectivity index (χ3v) is 4.76. The van der Waals surface area contributed by atoms with E-state index in [1.807, 2.05) is 35.9 Å². The van der Waals surface area contributed by atoms with Gasteiger partial charge in [0.15, 0.2) is 0 Å². The Morgan fingerprint density at radius 2 is 1.86 bits per heavy atom. The minimum atomic E-state index is -1.31.